The van der Waals surface area contributed by atoms with Crippen molar-refractivity contribution < 1.29 is 23.4 Å². The lowest BCUT2D eigenvalue weighted by Gasteiger charge is -2.39. The van der Waals surface area contributed by atoms with Crippen LogP contribution in [0, 0.1) is 6.92 Å². The number of aliphatic hydroxyl groups excluding tert-OH is 1. The summed E-state index contributed by atoms with van der Waals surface area (Å²) in [6.07, 6.45) is 3.45. The summed E-state index contributed by atoms with van der Waals surface area (Å²) in [5, 5.41) is 9.70. The number of fused-ring (bicyclic) bond motifs is 1. The predicted octanol–water partition coefficient (Wildman–Crippen LogP) is 2.78. The molecule has 1 amide bonds. The summed E-state index contributed by atoms with van der Waals surface area (Å²) < 4.78 is 33.9. The van der Waals surface area contributed by atoms with Crippen molar-refractivity contribution in [1.29, 1.82) is 0 Å². The molecule has 5 rings (SSSR count). The van der Waals surface area contributed by atoms with Gasteiger partial charge in [-0.3, -0.25) is 19.0 Å². The number of aliphatic hydroxyl groups is 1. The fourth-order valence-electron chi connectivity index (χ4n) is 5.37. The third kappa shape index (κ3) is 5.02. The topological polar surface area (TPSA) is 106 Å². The Labute approximate surface area is 229 Å². The van der Waals surface area contributed by atoms with Gasteiger partial charge in [-0.2, -0.15) is 8.78 Å². The van der Waals surface area contributed by atoms with Crippen LogP contribution in [0.25, 0.3) is 22.0 Å². The second-order valence-corrected chi connectivity index (χ2v) is 9.82. The molecular formula is C28H30F2N6O4. The Kier molecular flexibility index (Phi) is 7.53. The quantitative estimate of drug-likeness (QED) is 0.376. The molecule has 2 aromatic carbocycles. The van der Waals surface area contributed by atoms with E-state index in [9.17, 15) is 23.5 Å². The second-order valence-electron chi connectivity index (χ2n) is 9.82. The van der Waals surface area contributed by atoms with Crippen LogP contribution in [0.2, 0.25) is 0 Å². The number of ether oxygens (including phenoxy) is 1. The van der Waals surface area contributed by atoms with Crippen molar-refractivity contribution in [2.75, 3.05) is 31.1 Å². The summed E-state index contributed by atoms with van der Waals surface area (Å²) >= 11 is 0. The summed E-state index contributed by atoms with van der Waals surface area (Å²) in [6.45, 7) is 2.07. The average Bonchev–Trinajstić information content (AvgIpc) is 3.19. The molecule has 0 spiro atoms. The Bertz CT molecular complexity index is 1600. The number of aryl methyl sites for hydroxylation is 1. The van der Waals surface area contributed by atoms with E-state index in [2.05, 4.69) is 9.97 Å². The fraction of sp³-hybridized carbons (Fsp3) is 0.357. The van der Waals surface area contributed by atoms with Crippen LogP contribution in [0.3, 0.4) is 0 Å². The monoisotopic (exact) mass is 552 g/mol. The van der Waals surface area contributed by atoms with E-state index < -0.39 is 13.2 Å². The molecule has 2 aromatic heterocycles. The number of piperazine rings is 1. The maximum Gasteiger partial charge on any atom is 0.387 e. The molecule has 1 fully saturated rings. The lowest BCUT2D eigenvalue weighted by Crippen LogP contribution is -2.55. The van der Waals surface area contributed by atoms with Crippen LogP contribution in [0.4, 0.5) is 14.7 Å². The number of carbonyl (C=O) groups is 1. The zero-order valence-electron chi connectivity index (χ0n) is 22.4. The Morgan fingerprint density at radius 1 is 1.15 bits per heavy atom. The van der Waals surface area contributed by atoms with Crippen LogP contribution in [0.1, 0.15) is 18.1 Å². The number of benzene rings is 2. The van der Waals surface area contributed by atoms with Crippen LogP contribution in [-0.2, 0) is 18.4 Å². The molecular weight excluding hydrogens is 522 g/mol. The number of nitrogens with zero attached hydrogens (tertiary/aromatic N) is 6. The summed E-state index contributed by atoms with van der Waals surface area (Å²) in [7, 11) is 1.64. The van der Waals surface area contributed by atoms with E-state index in [0.29, 0.717) is 42.0 Å². The standard InChI is InChI=1S/C28H30F2N6O4/c1-17-14-34(10-11-35(17)24(38)16-37)28-31-12-20(13-32-28)21-8-9-22-25(18(21)2)36(33(3)26(22)39)15-19-6-4-5-7-23(19)40-27(29)30/h4-9,12-13,17,27,37H,10-11,14-16H2,1-3H3. The first-order chi connectivity index (χ1) is 19.2. The molecule has 1 N–H and O–H groups in total. The minimum Gasteiger partial charge on any atom is -0.434 e. The molecule has 1 aliphatic rings. The van der Waals surface area contributed by atoms with Gasteiger partial charge >= 0.3 is 6.61 Å². The molecule has 0 radical (unpaired) electrons. The van der Waals surface area contributed by atoms with Gasteiger partial charge in [-0.05, 0) is 37.1 Å². The predicted molar refractivity (Wildman–Crippen MR) is 146 cm³/mol. The van der Waals surface area contributed by atoms with Crippen LogP contribution < -0.4 is 15.2 Å². The molecule has 210 valence electrons. The van der Waals surface area contributed by atoms with Crippen molar-refractivity contribution in [3.8, 4) is 16.9 Å². The first-order valence-corrected chi connectivity index (χ1v) is 12.9. The number of halogens is 2. The molecule has 12 heteroatoms. The summed E-state index contributed by atoms with van der Waals surface area (Å²) in [6, 6.07) is 10.1. The molecule has 1 atom stereocenters. The number of aromatic nitrogens is 4. The zero-order valence-corrected chi connectivity index (χ0v) is 22.4. The highest BCUT2D eigenvalue weighted by atomic mass is 19.3. The van der Waals surface area contributed by atoms with Crippen LogP contribution in [-0.4, -0.2) is 74.1 Å². The minimum atomic E-state index is -2.96. The van der Waals surface area contributed by atoms with Gasteiger partial charge in [0.25, 0.3) is 5.56 Å². The van der Waals surface area contributed by atoms with Gasteiger partial charge in [-0.1, -0.05) is 24.3 Å². The average molecular weight is 553 g/mol. The largest absolute Gasteiger partial charge is 0.434 e. The molecule has 0 bridgehead atoms. The number of rotatable bonds is 7. The van der Waals surface area contributed by atoms with E-state index in [-0.39, 0.29) is 29.8 Å². The molecule has 1 unspecified atom stereocenters. The summed E-state index contributed by atoms with van der Waals surface area (Å²) in [5.41, 5.74) is 3.42. The maximum absolute atomic E-state index is 13.1. The molecule has 0 aliphatic carbocycles. The maximum atomic E-state index is 13.1. The lowest BCUT2D eigenvalue weighted by atomic mass is 10.0. The first-order valence-electron chi connectivity index (χ1n) is 12.9. The SMILES string of the molecule is Cc1c(-c2cnc(N3CCN(C(=O)CO)C(C)C3)nc2)ccc2c(=O)n(C)n(Cc3ccccc3OC(F)F)c12. The van der Waals surface area contributed by atoms with Gasteiger partial charge in [-0.25, -0.2) is 9.97 Å². The van der Waals surface area contributed by atoms with E-state index in [1.165, 1.54) is 10.7 Å². The van der Waals surface area contributed by atoms with Crippen molar-refractivity contribution in [3.63, 3.8) is 0 Å². The number of para-hydroxylation sites is 1. The van der Waals surface area contributed by atoms with E-state index >= 15 is 0 Å². The Balaban J connectivity index is 1.46. The van der Waals surface area contributed by atoms with Crippen molar-refractivity contribution in [2.24, 2.45) is 7.05 Å². The Morgan fingerprint density at radius 2 is 1.88 bits per heavy atom. The van der Waals surface area contributed by atoms with E-state index in [1.54, 1.807) is 53.3 Å². The number of anilines is 1. The van der Waals surface area contributed by atoms with Gasteiger partial charge in [0.05, 0.1) is 17.4 Å². The molecule has 0 saturated carbocycles. The molecule has 40 heavy (non-hydrogen) atoms. The molecule has 1 aliphatic heterocycles. The lowest BCUT2D eigenvalue weighted by molar-refractivity contribution is -0.136. The molecule has 10 nitrogen and oxygen atoms in total. The van der Waals surface area contributed by atoms with E-state index in [4.69, 9.17) is 4.74 Å². The number of hydrogen-bond donors (Lipinski definition) is 1. The van der Waals surface area contributed by atoms with Gasteiger partial charge < -0.3 is 19.6 Å². The third-order valence-electron chi connectivity index (χ3n) is 7.40. The van der Waals surface area contributed by atoms with Crippen LogP contribution in [0.15, 0.2) is 53.6 Å². The van der Waals surface area contributed by atoms with E-state index in [1.807, 2.05) is 24.8 Å². The number of carbonyl (C=O) groups excluding carboxylic acids is 1. The smallest absolute Gasteiger partial charge is 0.387 e. The van der Waals surface area contributed by atoms with E-state index in [0.717, 1.165) is 16.7 Å². The fourth-order valence-corrected chi connectivity index (χ4v) is 5.37. The highest BCUT2D eigenvalue weighted by Crippen LogP contribution is 2.30. The molecule has 1 saturated heterocycles. The van der Waals surface area contributed by atoms with Crippen molar-refractivity contribution in [3.05, 3.63) is 70.3 Å². The summed E-state index contributed by atoms with van der Waals surface area (Å²) in [5.74, 6) is 0.303. The number of amides is 1. The number of hydrogen-bond acceptors (Lipinski definition) is 7. The van der Waals surface area contributed by atoms with Crippen molar-refractivity contribution >= 4 is 22.8 Å². The van der Waals surface area contributed by atoms with Gasteiger partial charge in [0.15, 0.2) is 0 Å². The third-order valence-corrected chi connectivity index (χ3v) is 7.40. The van der Waals surface area contributed by atoms with Crippen molar-refractivity contribution in [2.45, 2.75) is 33.0 Å². The van der Waals surface area contributed by atoms with Gasteiger partial charge in [0.2, 0.25) is 11.9 Å². The minimum absolute atomic E-state index is 0.0560. The Morgan fingerprint density at radius 3 is 2.55 bits per heavy atom. The Hall–Kier alpha value is -4.32. The van der Waals surface area contributed by atoms with Crippen LogP contribution >= 0.6 is 0 Å². The van der Waals surface area contributed by atoms with Crippen LogP contribution in [0.5, 0.6) is 5.75 Å². The van der Waals surface area contributed by atoms with Gasteiger partial charge in [0, 0.05) is 56.2 Å². The van der Waals surface area contributed by atoms with Gasteiger partial charge in [0.1, 0.15) is 12.4 Å². The molecule has 3 heterocycles. The molecule has 4 aromatic rings. The van der Waals surface area contributed by atoms with Crippen molar-refractivity contribution in [1.82, 2.24) is 24.2 Å². The number of alkyl halides is 2. The highest BCUT2D eigenvalue weighted by molar-refractivity contribution is 5.89. The van der Waals surface area contributed by atoms with Gasteiger partial charge in [-0.15, -0.1) is 0 Å². The second kappa shape index (κ2) is 11.0. The normalized spacial score (nSPS) is 15.7. The zero-order chi connectivity index (χ0) is 28.6. The highest BCUT2D eigenvalue weighted by Gasteiger charge is 2.28. The first kappa shape index (κ1) is 27.3. The summed E-state index contributed by atoms with van der Waals surface area (Å²) in [4.78, 5) is 37.8.